The summed E-state index contributed by atoms with van der Waals surface area (Å²) in [6, 6.07) is 10.4. The largest absolute Gasteiger partial charge is 0.488 e. The SMILES string of the molecule is CCCc1ccc(C(=O)NN(C(=O)c2cc(C)cc(C)c2)C(C)(C)C)cc1B(O)O. The highest BCUT2D eigenvalue weighted by Gasteiger charge is 2.30. The Labute approximate surface area is 179 Å². The van der Waals surface area contributed by atoms with Crippen molar-refractivity contribution < 1.29 is 19.6 Å². The molecule has 0 spiro atoms. The normalized spacial score (nSPS) is 11.2. The number of benzene rings is 2. The maximum absolute atomic E-state index is 13.2. The van der Waals surface area contributed by atoms with Crippen LogP contribution in [0.25, 0.3) is 0 Å². The summed E-state index contributed by atoms with van der Waals surface area (Å²) in [6.45, 7) is 11.3. The minimum Gasteiger partial charge on any atom is -0.423 e. The standard InChI is InChI=1S/C23H31BN2O4/c1-7-8-17-9-10-18(14-20(17)24(29)30)21(27)25-26(23(4,5)6)22(28)19-12-15(2)11-16(3)13-19/h9-14,29-30H,7-8H2,1-6H3,(H,25,27). The minimum absolute atomic E-state index is 0.250. The molecule has 0 aliphatic rings. The van der Waals surface area contributed by atoms with Gasteiger partial charge in [-0.3, -0.25) is 15.0 Å². The van der Waals surface area contributed by atoms with Crippen molar-refractivity contribution in [1.82, 2.24) is 10.4 Å². The van der Waals surface area contributed by atoms with Gasteiger partial charge in [-0.2, -0.15) is 0 Å². The Morgan fingerprint density at radius 1 is 1.00 bits per heavy atom. The molecule has 0 aromatic heterocycles. The summed E-state index contributed by atoms with van der Waals surface area (Å²) in [5.41, 5.74) is 5.79. The van der Waals surface area contributed by atoms with Gasteiger partial charge in [-0.1, -0.05) is 36.6 Å². The smallest absolute Gasteiger partial charge is 0.423 e. The number of carbonyl (C=O) groups is 2. The lowest BCUT2D eigenvalue weighted by atomic mass is 9.75. The lowest BCUT2D eigenvalue weighted by Gasteiger charge is -2.35. The van der Waals surface area contributed by atoms with Gasteiger partial charge in [-0.25, -0.2) is 5.01 Å². The first-order valence-electron chi connectivity index (χ1n) is 10.2. The molecule has 6 nitrogen and oxygen atoms in total. The van der Waals surface area contributed by atoms with Gasteiger partial charge in [-0.15, -0.1) is 0 Å². The molecule has 160 valence electrons. The Morgan fingerprint density at radius 3 is 2.10 bits per heavy atom. The predicted octanol–water partition coefficient (Wildman–Crippen LogP) is 2.52. The van der Waals surface area contributed by atoms with Crippen LogP contribution in [0.15, 0.2) is 36.4 Å². The third-order valence-electron chi connectivity index (χ3n) is 4.76. The molecule has 2 amide bonds. The van der Waals surface area contributed by atoms with Gasteiger partial charge in [0, 0.05) is 11.1 Å². The van der Waals surface area contributed by atoms with Crippen LogP contribution in [0.5, 0.6) is 0 Å². The van der Waals surface area contributed by atoms with Gasteiger partial charge in [0.05, 0.1) is 5.54 Å². The molecule has 3 N–H and O–H groups in total. The number of amides is 2. The average Bonchev–Trinajstić information content (AvgIpc) is 2.64. The van der Waals surface area contributed by atoms with Crippen molar-refractivity contribution in [2.24, 2.45) is 0 Å². The molecule has 0 fully saturated rings. The first-order valence-corrected chi connectivity index (χ1v) is 10.2. The van der Waals surface area contributed by atoms with Crippen LogP contribution in [0.2, 0.25) is 0 Å². The molecule has 0 aliphatic carbocycles. The number of rotatable bonds is 5. The minimum atomic E-state index is -1.67. The van der Waals surface area contributed by atoms with Gasteiger partial charge in [0.25, 0.3) is 11.8 Å². The zero-order valence-electron chi connectivity index (χ0n) is 18.6. The van der Waals surface area contributed by atoms with Gasteiger partial charge < -0.3 is 10.0 Å². The molecular weight excluding hydrogens is 379 g/mol. The Balaban J connectivity index is 2.36. The van der Waals surface area contributed by atoms with E-state index in [1.165, 1.54) is 11.1 Å². The number of nitrogens with one attached hydrogen (secondary N) is 1. The molecule has 0 saturated carbocycles. The summed E-state index contributed by atoms with van der Waals surface area (Å²) >= 11 is 0. The third-order valence-corrected chi connectivity index (χ3v) is 4.76. The molecule has 0 bridgehead atoms. The Kier molecular flexibility index (Phi) is 7.45. The van der Waals surface area contributed by atoms with E-state index in [2.05, 4.69) is 5.43 Å². The lowest BCUT2D eigenvalue weighted by Crippen LogP contribution is -2.56. The number of nitrogens with zero attached hydrogens (tertiary/aromatic N) is 1. The summed E-state index contributed by atoms with van der Waals surface area (Å²) in [5.74, 6) is -0.805. The number of hydrazine groups is 1. The molecule has 2 aromatic carbocycles. The molecule has 7 heteroatoms. The fraction of sp³-hybridized carbons (Fsp3) is 0.391. The summed E-state index contributed by atoms with van der Waals surface area (Å²) in [7, 11) is -1.67. The Hall–Kier alpha value is -2.64. The molecule has 0 aliphatic heterocycles. The van der Waals surface area contributed by atoms with E-state index in [0.717, 1.165) is 23.1 Å². The third kappa shape index (κ3) is 5.71. The maximum atomic E-state index is 13.2. The van der Waals surface area contributed by atoms with Gasteiger partial charge in [-0.05, 0) is 76.3 Å². The van der Waals surface area contributed by atoms with Gasteiger partial charge in [0.1, 0.15) is 0 Å². The zero-order chi connectivity index (χ0) is 22.6. The van der Waals surface area contributed by atoms with Crippen molar-refractivity contribution in [2.75, 3.05) is 0 Å². The van der Waals surface area contributed by atoms with E-state index in [9.17, 15) is 19.6 Å². The fourth-order valence-electron chi connectivity index (χ4n) is 3.39. The Bertz CT molecular complexity index is 915. The van der Waals surface area contributed by atoms with Crippen LogP contribution in [0.4, 0.5) is 0 Å². The second-order valence-electron chi connectivity index (χ2n) is 8.67. The second kappa shape index (κ2) is 9.45. The van der Waals surface area contributed by atoms with Crippen LogP contribution in [-0.2, 0) is 6.42 Å². The first-order chi connectivity index (χ1) is 13.9. The maximum Gasteiger partial charge on any atom is 0.488 e. The van der Waals surface area contributed by atoms with Crippen molar-refractivity contribution >= 4 is 24.4 Å². The fourth-order valence-corrected chi connectivity index (χ4v) is 3.39. The van der Waals surface area contributed by atoms with Crippen LogP contribution in [0.3, 0.4) is 0 Å². The highest BCUT2D eigenvalue weighted by atomic mass is 16.4. The number of hydrogen-bond acceptors (Lipinski definition) is 4. The first kappa shape index (κ1) is 23.6. The molecule has 0 unspecified atom stereocenters. The van der Waals surface area contributed by atoms with Crippen molar-refractivity contribution in [1.29, 1.82) is 0 Å². The van der Waals surface area contributed by atoms with E-state index in [4.69, 9.17) is 0 Å². The molecule has 0 saturated heterocycles. The molecule has 0 atom stereocenters. The molecule has 0 radical (unpaired) electrons. The highest BCUT2D eigenvalue weighted by Crippen LogP contribution is 2.18. The van der Waals surface area contributed by atoms with Gasteiger partial charge >= 0.3 is 7.12 Å². The van der Waals surface area contributed by atoms with Crippen LogP contribution >= 0.6 is 0 Å². The molecule has 0 heterocycles. The topological polar surface area (TPSA) is 89.9 Å². The number of hydrogen-bond donors (Lipinski definition) is 3. The van der Waals surface area contributed by atoms with E-state index in [0.29, 0.717) is 17.4 Å². The average molecular weight is 410 g/mol. The number of aryl methyl sites for hydroxylation is 3. The molecule has 2 rings (SSSR count). The number of carbonyl (C=O) groups excluding carboxylic acids is 2. The summed E-state index contributed by atoms with van der Waals surface area (Å²) in [4.78, 5) is 26.2. The predicted molar refractivity (Wildman–Crippen MR) is 120 cm³/mol. The quantitative estimate of drug-likeness (QED) is 0.522. The molecular formula is C23H31BN2O4. The van der Waals surface area contributed by atoms with E-state index in [1.54, 1.807) is 24.3 Å². The highest BCUT2D eigenvalue weighted by molar-refractivity contribution is 6.59. The van der Waals surface area contributed by atoms with Crippen molar-refractivity contribution in [3.63, 3.8) is 0 Å². The summed E-state index contributed by atoms with van der Waals surface area (Å²) in [5, 5.41) is 20.7. The van der Waals surface area contributed by atoms with E-state index in [1.807, 2.05) is 47.6 Å². The second-order valence-corrected chi connectivity index (χ2v) is 8.67. The van der Waals surface area contributed by atoms with E-state index < -0.39 is 18.6 Å². The van der Waals surface area contributed by atoms with Crippen LogP contribution < -0.4 is 10.9 Å². The van der Waals surface area contributed by atoms with Gasteiger partial charge in [0.15, 0.2) is 0 Å². The van der Waals surface area contributed by atoms with E-state index >= 15 is 0 Å². The zero-order valence-corrected chi connectivity index (χ0v) is 18.6. The summed E-state index contributed by atoms with van der Waals surface area (Å²) in [6.07, 6.45) is 1.52. The van der Waals surface area contributed by atoms with Crippen molar-refractivity contribution in [2.45, 2.75) is 59.9 Å². The Morgan fingerprint density at radius 2 is 1.60 bits per heavy atom. The van der Waals surface area contributed by atoms with Gasteiger partial charge in [0.2, 0.25) is 0 Å². The van der Waals surface area contributed by atoms with Crippen LogP contribution in [-0.4, -0.2) is 39.5 Å². The monoisotopic (exact) mass is 410 g/mol. The van der Waals surface area contributed by atoms with Crippen LogP contribution in [0, 0.1) is 13.8 Å². The van der Waals surface area contributed by atoms with Crippen molar-refractivity contribution in [3.8, 4) is 0 Å². The summed E-state index contributed by atoms with van der Waals surface area (Å²) < 4.78 is 0. The molecule has 2 aromatic rings. The van der Waals surface area contributed by atoms with E-state index in [-0.39, 0.29) is 11.5 Å². The molecule has 30 heavy (non-hydrogen) atoms. The van der Waals surface area contributed by atoms with Crippen molar-refractivity contribution in [3.05, 3.63) is 64.2 Å². The van der Waals surface area contributed by atoms with Crippen LogP contribution in [0.1, 0.15) is 71.5 Å². The lowest BCUT2D eigenvalue weighted by molar-refractivity contribution is 0.0358.